The van der Waals surface area contributed by atoms with E-state index in [0.717, 1.165) is 68.8 Å². The summed E-state index contributed by atoms with van der Waals surface area (Å²) in [6.07, 6.45) is 6.49. The number of piperidine rings is 1. The van der Waals surface area contributed by atoms with Crippen LogP contribution in [0.4, 0.5) is 0 Å². The normalized spacial score (nSPS) is 19.2. The third kappa shape index (κ3) is 7.33. The first-order chi connectivity index (χ1) is 18.6. The average Bonchev–Trinajstić information content (AvgIpc) is 2.94. The lowest BCUT2D eigenvalue weighted by atomic mass is 9.83. The number of ether oxygens (including phenoxy) is 3. The minimum Gasteiger partial charge on any atom is -0.489 e. The van der Waals surface area contributed by atoms with Crippen molar-refractivity contribution in [1.82, 2.24) is 9.88 Å². The van der Waals surface area contributed by atoms with Crippen molar-refractivity contribution in [2.75, 3.05) is 19.7 Å². The molecule has 3 heterocycles. The summed E-state index contributed by atoms with van der Waals surface area (Å²) in [5, 5.41) is 8.82. The zero-order valence-electron chi connectivity index (χ0n) is 21.8. The largest absolute Gasteiger partial charge is 0.489 e. The average molecular weight is 517 g/mol. The van der Waals surface area contributed by atoms with Crippen molar-refractivity contribution in [3.8, 4) is 11.6 Å². The number of pyridine rings is 1. The molecular weight excluding hydrogens is 480 g/mol. The van der Waals surface area contributed by atoms with E-state index in [1.54, 1.807) is 6.20 Å². The molecule has 7 nitrogen and oxygen atoms in total. The van der Waals surface area contributed by atoms with Gasteiger partial charge in [0.15, 0.2) is 0 Å². The lowest BCUT2D eigenvalue weighted by molar-refractivity contribution is -0.139. The zero-order chi connectivity index (χ0) is 26.2. The van der Waals surface area contributed by atoms with E-state index in [4.69, 9.17) is 19.3 Å². The standard InChI is InChI=1S/C31H36N2O5/c34-30(35)13-10-24-8-11-27(12-9-24)36-23-26-6-4-25(5-7-26)22-33-18-15-31(16-19-33)21-28(14-20-37-31)38-29-3-1-2-17-32-29/h1-9,11-12,17,28H,10,13-16,18-23H2,(H,34,35). The Kier molecular flexibility index (Phi) is 8.56. The van der Waals surface area contributed by atoms with Gasteiger partial charge in [0.05, 0.1) is 12.2 Å². The minimum atomic E-state index is -0.781. The summed E-state index contributed by atoms with van der Waals surface area (Å²) in [5.41, 5.74) is 3.34. The molecule has 38 heavy (non-hydrogen) atoms. The first kappa shape index (κ1) is 26.2. The van der Waals surface area contributed by atoms with Gasteiger partial charge in [0.1, 0.15) is 18.5 Å². The van der Waals surface area contributed by atoms with E-state index in [1.807, 2.05) is 42.5 Å². The molecule has 1 aromatic heterocycles. The van der Waals surface area contributed by atoms with Crippen LogP contribution in [-0.2, 0) is 29.1 Å². The highest BCUT2D eigenvalue weighted by Gasteiger charge is 2.41. The SMILES string of the molecule is O=C(O)CCc1ccc(OCc2ccc(CN3CCC4(CC3)CC(Oc3ccccn3)CCO4)cc2)cc1. The summed E-state index contributed by atoms with van der Waals surface area (Å²) in [6.45, 7) is 4.21. The number of aryl methyl sites for hydroxylation is 1. The van der Waals surface area contributed by atoms with Crippen molar-refractivity contribution in [1.29, 1.82) is 0 Å². The fraction of sp³-hybridized carbons (Fsp3) is 0.419. The zero-order valence-corrected chi connectivity index (χ0v) is 21.8. The van der Waals surface area contributed by atoms with Gasteiger partial charge in [0, 0.05) is 51.2 Å². The van der Waals surface area contributed by atoms with E-state index in [2.05, 4.69) is 34.1 Å². The summed E-state index contributed by atoms with van der Waals surface area (Å²) >= 11 is 0. The molecule has 0 saturated carbocycles. The molecule has 200 valence electrons. The van der Waals surface area contributed by atoms with Crippen molar-refractivity contribution in [3.63, 3.8) is 0 Å². The number of hydrogen-bond acceptors (Lipinski definition) is 6. The van der Waals surface area contributed by atoms with Gasteiger partial charge in [-0.05, 0) is 54.2 Å². The Balaban J connectivity index is 1.05. The lowest BCUT2D eigenvalue weighted by Crippen LogP contribution is -2.51. The first-order valence-corrected chi connectivity index (χ1v) is 13.5. The number of carboxylic acids is 1. The van der Waals surface area contributed by atoms with Gasteiger partial charge in [-0.15, -0.1) is 0 Å². The maximum Gasteiger partial charge on any atom is 0.303 e. The summed E-state index contributed by atoms with van der Waals surface area (Å²) < 4.78 is 18.4. The third-order valence-electron chi connectivity index (χ3n) is 7.53. The Bertz CT molecular complexity index is 1160. The monoisotopic (exact) mass is 516 g/mol. The van der Waals surface area contributed by atoms with E-state index < -0.39 is 5.97 Å². The highest BCUT2D eigenvalue weighted by atomic mass is 16.5. The van der Waals surface area contributed by atoms with Crippen molar-refractivity contribution in [2.45, 2.75) is 63.4 Å². The molecule has 2 saturated heterocycles. The van der Waals surface area contributed by atoms with Crippen LogP contribution in [0, 0.1) is 0 Å². The Labute approximate surface area is 224 Å². The maximum absolute atomic E-state index is 10.7. The predicted molar refractivity (Wildman–Crippen MR) is 144 cm³/mol. The number of nitrogens with zero attached hydrogens (tertiary/aromatic N) is 2. The van der Waals surface area contributed by atoms with Gasteiger partial charge < -0.3 is 19.3 Å². The van der Waals surface area contributed by atoms with E-state index in [0.29, 0.717) is 18.9 Å². The molecule has 5 rings (SSSR count). The molecule has 0 radical (unpaired) electrons. The molecule has 3 aromatic rings. The number of aromatic nitrogens is 1. The number of hydrogen-bond donors (Lipinski definition) is 1. The van der Waals surface area contributed by atoms with Gasteiger partial charge in [-0.2, -0.15) is 0 Å². The van der Waals surface area contributed by atoms with Crippen LogP contribution in [0.5, 0.6) is 11.6 Å². The molecule has 1 atom stereocenters. The van der Waals surface area contributed by atoms with Crippen LogP contribution in [0.15, 0.2) is 72.9 Å². The molecule has 0 amide bonds. The molecule has 1 spiro atoms. The van der Waals surface area contributed by atoms with Crippen molar-refractivity contribution in [2.24, 2.45) is 0 Å². The van der Waals surface area contributed by atoms with Gasteiger partial charge in [0.25, 0.3) is 0 Å². The number of aliphatic carboxylic acids is 1. The molecule has 0 aliphatic carbocycles. The number of carboxylic acid groups (broad SMARTS) is 1. The molecule has 2 fully saturated rings. The Morgan fingerprint density at radius 1 is 1.00 bits per heavy atom. The molecule has 0 bridgehead atoms. The van der Waals surface area contributed by atoms with Gasteiger partial charge in [-0.3, -0.25) is 9.69 Å². The highest BCUT2D eigenvalue weighted by Crippen LogP contribution is 2.36. The van der Waals surface area contributed by atoms with Crippen LogP contribution in [0.1, 0.15) is 48.8 Å². The van der Waals surface area contributed by atoms with Crippen LogP contribution in [0.25, 0.3) is 0 Å². The Morgan fingerprint density at radius 2 is 1.74 bits per heavy atom. The maximum atomic E-state index is 10.7. The number of likely N-dealkylation sites (tertiary alicyclic amines) is 1. The van der Waals surface area contributed by atoms with Crippen LogP contribution >= 0.6 is 0 Å². The first-order valence-electron chi connectivity index (χ1n) is 13.5. The molecule has 2 aromatic carbocycles. The van der Waals surface area contributed by atoms with Gasteiger partial charge in [0.2, 0.25) is 5.88 Å². The Morgan fingerprint density at radius 3 is 2.45 bits per heavy atom. The van der Waals surface area contributed by atoms with Crippen molar-refractivity contribution < 1.29 is 24.1 Å². The predicted octanol–water partition coefficient (Wildman–Crippen LogP) is 5.27. The number of rotatable bonds is 10. The van der Waals surface area contributed by atoms with Crippen molar-refractivity contribution in [3.05, 3.63) is 89.6 Å². The molecule has 7 heteroatoms. The summed E-state index contributed by atoms with van der Waals surface area (Å²) in [6, 6.07) is 22.1. The lowest BCUT2D eigenvalue weighted by Gasteiger charge is -2.46. The summed E-state index contributed by atoms with van der Waals surface area (Å²) in [7, 11) is 0. The second-order valence-corrected chi connectivity index (χ2v) is 10.4. The highest BCUT2D eigenvalue weighted by molar-refractivity contribution is 5.67. The fourth-order valence-electron chi connectivity index (χ4n) is 5.31. The molecular formula is C31H36N2O5. The minimum absolute atomic E-state index is 0.0795. The fourth-order valence-corrected chi connectivity index (χ4v) is 5.31. The van der Waals surface area contributed by atoms with E-state index in [-0.39, 0.29) is 18.1 Å². The number of benzene rings is 2. The topological polar surface area (TPSA) is 81.1 Å². The molecule has 1 unspecified atom stereocenters. The van der Waals surface area contributed by atoms with Crippen LogP contribution in [0.2, 0.25) is 0 Å². The second kappa shape index (κ2) is 12.4. The van der Waals surface area contributed by atoms with E-state index >= 15 is 0 Å². The van der Waals surface area contributed by atoms with Gasteiger partial charge in [-0.25, -0.2) is 4.98 Å². The van der Waals surface area contributed by atoms with E-state index in [9.17, 15) is 4.79 Å². The quantitative estimate of drug-likeness (QED) is 0.393. The molecule has 2 aliphatic heterocycles. The van der Waals surface area contributed by atoms with E-state index in [1.165, 1.54) is 5.56 Å². The summed E-state index contributed by atoms with van der Waals surface area (Å²) in [4.78, 5) is 17.5. The van der Waals surface area contributed by atoms with Crippen molar-refractivity contribution >= 4 is 5.97 Å². The number of carbonyl (C=O) groups is 1. The van der Waals surface area contributed by atoms with Crippen LogP contribution < -0.4 is 9.47 Å². The summed E-state index contributed by atoms with van der Waals surface area (Å²) in [5.74, 6) is 0.705. The second-order valence-electron chi connectivity index (χ2n) is 10.4. The Hall–Kier alpha value is -3.42. The third-order valence-corrected chi connectivity index (χ3v) is 7.53. The van der Waals surface area contributed by atoms with Crippen LogP contribution in [0.3, 0.4) is 0 Å². The molecule has 1 N–H and O–H groups in total. The smallest absolute Gasteiger partial charge is 0.303 e. The molecule has 2 aliphatic rings. The van der Waals surface area contributed by atoms with Gasteiger partial charge >= 0.3 is 5.97 Å². The van der Waals surface area contributed by atoms with Gasteiger partial charge in [-0.1, -0.05) is 42.5 Å². The van der Waals surface area contributed by atoms with Crippen LogP contribution in [-0.4, -0.2) is 52.4 Å².